The van der Waals surface area contributed by atoms with Gasteiger partial charge in [-0.2, -0.15) is 0 Å². The van der Waals surface area contributed by atoms with Crippen molar-refractivity contribution >= 4 is 17.4 Å². The zero-order chi connectivity index (χ0) is 16.4. The standard InChI is InChI=1S/C17H19ClFN3O/c1-3-12-9-16(21-10(2)20-12)22-15-6-7-23-17(15)11-4-5-13(18)14(19)8-11/h4-5,8-9,15,17H,3,6-7H2,1-2H3,(H,20,21,22). The predicted octanol–water partition coefficient (Wildman–Crippen LogP) is 4.08. The Morgan fingerprint density at radius 2 is 2.17 bits per heavy atom. The normalized spacial score (nSPS) is 20.7. The molecule has 2 aromatic rings. The van der Waals surface area contributed by atoms with Crippen LogP contribution in [0.15, 0.2) is 24.3 Å². The van der Waals surface area contributed by atoms with Gasteiger partial charge in [-0.1, -0.05) is 24.6 Å². The van der Waals surface area contributed by atoms with Crippen molar-refractivity contribution in [2.24, 2.45) is 0 Å². The Hall–Kier alpha value is -1.72. The van der Waals surface area contributed by atoms with Crippen molar-refractivity contribution in [2.45, 2.75) is 38.8 Å². The number of rotatable bonds is 4. The van der Waals surface area contributed by atoms with E-state index in [0.29, 0.717) is 6.61 Å². The molecule has 0 saturated carbocycles. The van der Waals surface area contributed by atoms with Gasteiger partial charge < -0.3 is 10.1 Å². The maximum Gasteiger partial charge on any atom is 0.142 e. The van der Waals surface area contributed by atoms with E-state index in [1.807, 2.05) is 13.0 Å². The fraction of sp³-hybridized carbons (Fsp3) is 0.412. The van der Waals surface area contributed by atoms with E-state index in [9.17, 15) is 4.39 Å². The van der Waals surface area contributed by atoms with E-state index in [2.05, 4.69) is 22.2 Å². The summed E-state index contributed by atoms with van der Waals surface area (Å²) < 4.78 is 19.5. The lowest BCUT2D eigenvalue weighted by atomic mass is 10.0. The Bertz CT molecular complexity index is 710. The summed E-state index contributed by atoms with van der Waals surface area (Å²) in [6.45, 7) is 4.56. The third-order valence-electron chi connectivity index (χ3n) is 3.95. The highest BCUT2D eigenvalue weighted by atomic mass is 35.5. The number of benzene rings is 1. The average Bonchev–Trinajstić information content (AvgIpc) is 2.97. The van der Waals surface area contributed by atoms with Crippen LogP contribution in [-0.2, 0) is 11.2 Å². The number of halogens is 2. The predicted molar refractivity (Wildman–Crippen MR) is 88.3 cm³/mol. The second kappa shape index (κ2) is 6.81. The molecule has 0 bridgehead atoms. The number of anilines is 1. The zero-order valence-electron chi connectivity index (χ0n) is 13.1. The van der Waals surface area contributed by atoms with Gasteiger partial charge in [-0.3, -0.25) is 0 Å². The molecular formula is C17H19ClFN3O. The highest BCUT2D eigenvalue weighted by Gasteiger charge is 2.30. The zero-order valence-corrected chi connectivity index (χ0v) is 13.9. The molecule has 2 unspecified atom stereocenters. The Kier molecular flexibility index (Phi) is 4.78. The van der Waals surface area contributed by atoms with Gasteiger partial charge in [-0.15, -0.1) is 0 Å². The van der Waals surface area contributed by atoms with Crippen molar-refractivity contribution in [1.82, 2.24) is 9.97 Å². The molecule has 1 N–H and O–H groups in total. The number of ether oxygens (including phenoxy) is 1. The minimum atomic E-state index is -0.426. The lowest BCUT2D eigenvalue weighted by Crippen LogP contribution is -2.24. The first-order valence-electron chi connectivity index (χ1n) is 7.74. The molecular weight excluding hydrogens is 317 g/mol. The number of aryl methyl sites for hydroxylation is 2. The minimum Gasteiger partial charge on any atom is -0.371 e. The van der Waals surface area contributed by atoms with Gasteiger partial charge in [0.2, 0.25) is 0 Å². The summed E-state index contributed by atoms with van der Waals surface area (Å²) in [5.41, 5.74) is 1.77. The third kappa shape index (κ3) is 3.62. The van der Waals surface area contributed by atoms with E-state index >= 15 is 0 Å². The van der Waals surface area contributed by atoms with Crippen LogP contribution < -0.4 is 5.32 Å². The van der Waals surface area contributed by atoms with E-state index in [4.69, 9.17) is 16.3 Å². The van der Waals surface area contributed by atoms with Crippen molar-refractivity contribution in [3.63, 3.8) is 0 Å². The first-order chi connectivity index (χ1) is 11.1. The molecule has 0 amide bonds. The molecule has 1 saturated heterocycles. The van der Waals surface area contributed by atoms with Crippen LogP contribution in [0.5, 0.6) is 0 Å². The van der Waals surface area contributed by atoms with Crippen LogP contribution in [0.25, 0.3) is 0 Å². The van der Waals surface area contributed by atoms with Gasteiger partial charge in [0.25, 0.3) is 0 Å². The van der Waals surface area contributed by atoms with E-state index < -0.39 is 5.82 Å². The van der Waals surface area contributed by atoms with Crippen molar-refractivity contribution in [2.75, 3.05) is 11.9 Å². The second-order valence-corrected chi connectivity index (χ2v) is 6.06. The monoisotopic (exact) mass is 335 g/mol. The summed E-state index contributed by atoms with van der Waals surface area (Å²) in [6, 6.07) is 6.79. The van der Waals surface area contributed by atoms with E-state index in [0.717, 1.165) is 35.7 Å². The van der Waals surface area contributed by atoms with Crippen LogP contribution in [0.3, 0.4) is 0 Å². The summed E-state index contributed by atoms with van der Waals surface area (Å²) in [5, 5.41) is 3.53. The largest absolute Gasteiger partial charge is 0.371 e. The number of aromatic nitrogens is 2. The van der Waals surface area contributed by atoms with Crippen LogP contribution in [0.2, 0.25) is 5.02 Å². The molecule has 1 aromatic carbocycles. The molecule has 3 rings (SSSR count). The summed E-state index contributed by atoms with van der Waals surface area (Å²) in [4.78, 5) is 8.81. The fourth-order valence-electron chi connectivity index (χ4n) is 2.83. The molecule has 0 aliphatic carbocycles. The molecule has 0 spiro atoms. The number of nitrogens with one attached hydrogen (secondary N) is 1. The molecule has 1 aliphatic rings. The summed E-state index contributed by atoms with van der Waals surface area (Å²) in [6.07, 6.45) is 1.46. The quantitative estimate of drug-likeness (QED) is 0.914. The maximum atomic E-state index is 13.7. The smallest absolute Gasteiger partial charge is 0.142 e. The minimum absolute atomic E-state index is 0.0366. The number of hydrogen-bond donors (Lipinski definition) is 1. The van der Waals surface area contributed by atoms with Gasteiger partial charge in [0.15, 0.2) is 0 Å². The lowest BCUT2D eigenvalue weighted by molar-refractivity contribution is 0.107. The maximum absolute atomic E-state index is 13.7. The molecule has 4 nitrogen and oxygen atoms in total. The molecule has 23 heavy (non-hydrogen) atoms. The number of hydrogen-bond acceptors (Lipinski definition) is 4. The first kappa shape index (κ1) is 16.1. The average molecular weight is 336 g/mol. The van der Waals surface area contributed by atoms with E-state index in [1.54, 1.807) is 12.1 Å². The lowest BCUT2D eigenvalue weighted by Gasteiger charge is -2.21. The first-order valence-corrected chi connectivity index (χ1v) is 8.12. The van der Waals surface area contributed by atoms with Crippen molar-refractivity contribution in [3.8, 4) is 0 Å². The van der Waals surface area contributed by atoms with Crippen LogP contribution in [0.1, 0.15) is 36.5 Å². The van der Waals surface area contributed by atoms with Crippen LogP contribution >= 0.6 is 11.6 Å². The van der Waals surface area contributed by atoms with Crippen molar-refractivity contribution < 1.29 is 9.13 Å². The molecule has 1 aromatic heterocycles. The summed E-state index contributed by atoms with van der Waals surface area (Å²) in [7, 11) is 0. The van der Waals surface area contributed by atoms with Gasteiger partial charge >= 0.3 is 0 Å². The molecule has 1 aliphatic heterocycles. The van der Waals surface area contributed by atoms with Crippen molar-refractivity contribution in [3.05, 3.63) is 52.2 Å². The van der Waals surface area contributed by atoms with Crippen LogP contribution in [0, 0.1) is 12.7 Å². The van der Waals surface area contributed by atoms with Gasteiger partial charge in [-0.05, 0) is 37.5 Å². The highest BCUT2D eigenvalue weighted by molar-refractivity contribution is 6.30. The van der Waals surface area contributed by atoms with Gasteiger partial charge in [-0.25, -0.2) is 14.4 Å². The Labute approximate surface area is 140 Å². The van der Waals surface area contributed by atoms with Gasteiger partial charge in [0.05, 0.1) is 11.1 Å². The van der Waals surface area contributed by atoms with Gasteiger partial charge in [0.1, 0.15) is 23.6 Å². The van der Waals surface area contributed by atoms with Crippen LogP contribution in [0.4, 0.5) is 10.2 Å². The molecule has 2 atom stereocenters. The fourth-order valence-corrected chi connectivity index (χ4v) is 2.95. The summed E-state index contributed by atoms with van der Waals surface area (Å²) in [5.74, 6) is 1.09. The van der Waals surface area contributed by atoms with Crippen LogP contribution in [-0.4, -0.2) is 22.6 Å². The molecule has 0 radical (unpaired) electrons. The Morgan fingerprint density at radius 1 is 1.35 bits per heavy atom. The summed E-state index contributed by atoms with van der Waals surface area (Å²) >= 11 is 5.76. The third-order valence-corrected chi connectivity index (χ3v) is 4.26. The van der Waals surface area contributed by atoms with E-state index in [1.165, 1.54) is 6.07 Å². The molecule has 1 fully saturated rings. The highest BCUT2D eigenvalue weighted by Crippen LogP contribution is 2.32. The molecule has 6 heteroatoms. The van der Waals surface area contributed by atoms with Crippen molar-refractivity contribution in [1.29, 1.82) is 0 Å². The SMILES string of the molecule is CCc1cc(NC2CCOC2c2ccc(Cl)c(F)c2)nc(C)n1. The Morgan fingerprint density at radius 3 is 2.91 bits per heavy atom. The van der Waals surface area contributed by atoms with Gasteiger partial charge in [0, 0.05) is 18.4 Å². The molecule has 2 heterocycles. The van der Waals surface area contributed by atoms with E-state index in [-0.39, 0.29) is 17.2 Å². The number of nitrogens with zero attached hydrogens (tertiary/aromatic N) is 2. The molecule has 122 valence electrons. The topological polar surface area (TPSA) is 47.0 Å². The Balaban J connectivity index is 1.81. The second-order valence-electron chi connectivity index (χ2n) is 5.65.